The highest BCUT2D eigenvalue weighted by molar-refractivity contribution is 7.99. The fourth-order valence-electron chi connectivity index (χ4n) is 1.78. The first-order chi connectivity index (χ1) is 11.3. The lowest BCUT2D eigenvalue weighted by Crippen LogP contribution is -2.12. The van der Waals surface area contributed by atoms with Crippen LogP contribution in [0, 0.1) is 5.82 Å². The van der Waals surface area contributed by atoms with Crippen LogP contribution in [-0.2, 0) is 4.79 Å². The minimum atomic E-state index is -4.29. The van der Waals surface area contributed by atoms with E-state index in [1.54, 1.807) is 12.1 Å². The number of para-hydroxylation sites is 1. The molecular weight excluding hydrogens is 342 g/mol. The number of amides is 1. The molecule has 2 aromatic carbocycles. The Labute approximate surface area is 140 Å². The second kappa shape index (κ2) is 8.01. The highest BCUT2D eigenvalue weighted by atomic mass is 32.2. The SMILES string of the molecule is O=C(C=Cc1ccc(F)cc1)Nc1ccccc1SCC(F)(F)F. The zero-order valence-corrected chi connectivity index (χ0v) is 13.1. The van der Waals surface area contributed by atoms with E-state index < -0.39 is 17.8 Å². The molecule has 2 rings (SSSR count). The smallest absolute Gasteiger partial charge is 0.321 e. The van der Waals surface area contributed by atoms with Gasteiger partial charge in [-0.05, 0) is 35.9 Å². The van der Waals surface area contributed by atoms with Crippen LogP contribution >= 0.6 is 11.8 Å². The molecule has 0 heterocycles. The number of nitrogens with one attached hydrogen (secondary N) is 1. The lowest BCUT2D eigenvalue weighted by atomic mass is 10.2. The van der Waals surface area contributed by atoms with E-state index in [-0.39, 0.29) is 5.82 Å². The number of carbonyl (C=O) groups excluding carboxylic acids is 1. The first kappa shape index (κ1) is 18.1. The van der Waals surface area contributed by atoms with Crippen LogP contribution in [-0.4, -0.2) is 17.8 Å². The molecule has 2 aromatic rings. The number of thioether (sulfide) groups is 1. The molecule has 0 radical (unpaired) electrons. The van der Waals surface area contributed by atoms with Gasteiger partial charge in [-0.25, -0.2) is 4.39 Å². The zero-order valence-electron chi connectivity index (χ0n) is 12.3. The maximum absolute atomic E-state index is 12.8. The Morgan fingerprint density at radius 3 is 2.42 bits per heavy atom. The quantitative estimate of drug-likeness (QED) is 0.458. The molecule has 0 unspecified atom stereocenters. The summed E-state index contributed by atoms with van der Waals surface area (Å²) in [6.45, 7) is 0. The Morgan fingerprint density at radius 1 is 1.08 bits per heavy atom. The monoisotopic (exact) mass is 355 g/mol. The Hall–Kier alpha value is -2.28. The van der Waals surface area contributed by atoms with Crippen molar-refractivity contribution in [2.45, 2.75) is 11.1 Å². The van der Waals surface area contributed by atoms with Gasteiger partial charge in [0.25, 0.3) is 0 Å². The molecule has 0 spiro atoms. The van der Waals surface area contributed by atoms with Gasteiger partial charge in [0.15, 0.2) is 0 Å². The molecule has 2 nitrogen and oxygen atoms in total. The van der Waals surface area contributed by atoms with Crippen LogP contribution in [0.2, 0.25) is 0 Å². The number of carbonyl (C=O) groups is 1. The molecule has 1 N–H and O–H groups in total. The molecule has 0 aromatic heterocycles. The van der Waals surface area contributed by atoms with E-state index in [4.69, 9.17) is 0 Å². The van der Waals surface area contributed by atoms with Crippen molar-refractivity contribution in [3.05, 3.63) is 66.0 Å². The van der Waals surface area contributed by atoms with Crippen LogP contribution in [0.15, 0.2) is 59.5 Å². The third-order valence-electron chi connectivity index (χ3n) is 2.83. The number of anilines is 1. The van der Waals surface area contributed by atoms with Gasteiger partial charge in [0.05, 0.1) is 11.4 Å². The van der Waals surface area contributed by atoms with Crippen molar-refractivity contribution in [2.24, 2.45) is 0 Å². The van der Waals surface area contributed by atoms with Crippen LogP contribution in [0.4, 0.5) is 23.2 Å². The van der Waals surface area contributed by atoms with Crippen molar-refractivity contribution in [1.82, 2.24) is 0 Å². The van der Waals surface area contributed by atoms with E-state index >= 15 is 0 Å². The lowest BCUT2D eigenvalue weighted by Gasteiger charge is -2.10. The van der Waals surface area contributed by atoms with E-state index in [9.17, 15) is 22.4 Å². The summed E-state index contributed by atoms with van der Waals surface area (Å²) in [5.74, 6) is -1.91. The Morgan fingerprint density at radius 2 is 1.75 bits per heavy atom. The summed E-state index contributed by atoms with van der Waals surface area (Å²) in [4.78, 5) is 12.2. The Bertz CT molecular complexity index is 726. The molecule has 0 saturated heterocycles. The van der Waals surface area contributed by atoms with Crippen molar-refractivity contribution >= 4 is 29.4 Å². The average molecular weight is 355 g/mol. The summed E-state index contributed by atoms with van der Waals surface area (Å²) in [6.07, 6.45) is -1.57. The Balaban J connectivity index is 2.02. The number of hydrogen-bond acceptors (Lipinski definition) is 2. The normalized spacial score (nSPS) is 11.7. The number of benzene rings is 2. The van der Waals surface area contributed by atoms with Crippen molar-refractivity contribution < 1.29 is 22.4 Å². The van der Waals surface area contributed by atoms with E-state index in [1.165, 1.54) is 48.6 Å². The lowest BCUT2D eigenvalue weighted by molar-refractivity contribution is -0.111. The maximum atomic E-state index is 12.8. The van der Waals surface area contributed by atoms with Crippen LogP contribution in [0.5, 0.6) is 0 Å². The molecule has 0 atom stereocenters. The second-order valence-corrected chi connectivity index (χ2v) is 5.79. The van der Waals surface area contributed by atoms with E-state index in [2.05, 4.69) is 5.32 Å². The second-order valence-electron chi connectivity index (χ2n) is 4.77. The summed E-state index contributed by atoms with van der Waals surface area (Å²) in [6, 6.07) is 11.8. The summed E-state index contributed by atoms with van der Waals surface area (Å²) in [7, 11) is 0. The third kappa shape index (κ3) is 6.08. The van der Waals surface area contributed by atoms with Crippen molar-refractivity contribution in [1.29, 1.82) is 0 Å². The summed E-state index contributed by atoms with van der Waals surface area (Å²) >= 11 is 0.607. The fraction of sp³-hybridized carbons (Fsp3) is 0.118. The van der Waals surface area contributed by atoms with Crippen LogP contribution in [0.3, 0.4) is 0 Å². The van der Waals surface area contributed by atoms with Gasteiger partial charge in [-0.15, -0.1) is 11.8 Å². The first-order valence-corrected chi connectivity index (χ1v) is 7.85. The predicted octanol–water partition coefficient (Wildman–Crippen LogP) is 5.13. The van der Waals surface area contributed by atoms with Gasteiger partial charge in [-0.3, -0.25) is 4.79 Å². The number of alkyl halides is 3. The summed E-state index contributed by atoms with van der Waals surface area (Å²) in [5, 5.41) is 2.54. The number of hydrogen-bond donors (Lipinski definition) is 1. The van der Waals surface area contributed by atoms with Gasteiger partial charge in [0, 0.05) is 11.0 Å². The van der Waals surface area contributed by atoms with Crippen LogP contribution < -0.4 is 5.32 Å². The third-order valence-corrected chi connectivity index (χ3v) is 3.97. The summed E-state index contributed by atoms with van der Waals surface area (Å²) in [5.41, 5.74) is 0.937. The van der Waals surface area contributed by atoms with Gasteiger partial charge in [-0.1, -0.05) is 24.3 Å². The van der Waals surface area contributed by atoms with Gasteiger partial charge in [0.1, 0.15) is 5.82 Å². The Kier molecular flexibility index (Phi) is 6.03. The fourth-order valence-corrected chi connectivity index (χ4v) is 2.54. The molecule has 1 amide bonds. The van der Waals surface area contributed by atoms with Gasteiger partial charge in [-0.2, -0.15) is 13.2 Å². The highest BCUT2D eigenvalue weighted by Crippen LogP contribution is 2.32. The highest BCUT2D eigenvalue weighted by Gasteiger charge is 2.27. The van der Waals surface area contributed by atoms with Crippen LogP contribution in [0.1, 0.15) is 5.56 Å². The largest absolute Gasteiger partial charge is 0.398 e. The molecule has 0 bridgehead atoms. The van der Waals surface area contributed by atoms with Crippen molar-refractivity contribution in [2.75, 3.05) is 11.1 Å². The average Bonchev–Trinajstić information content (AvgIpc) is 2.53. The van der Waals surface area contributed by atoms with Gasteiger partial charge >= 0.3 is 6.18 Å². The van der Waals surface area contributed by atoms with E-state index in [0.29, 0.717) is 27.9 Å². The minimum absolute atomic E-state index is 0.306. The predicted molar refractivity (Wildman–Crippen MR) is 87.3 cm³/mol. The zero-order chi connectivity index (χ0) is 17.6. The molecule has 0 aliphatic heterocycles. The van der Waals surface area contributed by atoms with Crippen LogP contribution in [0.25, 0.3) is 6.08 Å². The molecule has 7 heteroatoms. The maximum Gasteiger partial charge on any atom is 0.398 e. The molecule has 0 aliphatic rings. The molecule has 0 saturated carbocycles. The van der Waals surface area contributed by atoms with E-state index in [1.807, 2.05) is 0 Å². The standard InChI is InChI=1S/C17H13F4NOS/c18-13-8-5-12(6-9-13)7-10-16(23)22-14-3-1-2-4-15(14)24-11-17(19,20)21/h1-10H,11H2,(H,22,23). The van der Waals surface area contributed by atoms with E-state index in [0.717, 1.165) is 0 Å². The van der Waals surface area contributed by atoms with Crippen molar-refractivity contribution in [3.63, 3.8) is 0 Å². The molecule has 126 valence electrons. The van der Waals surface area contributed by atoms with Crippen molar-refractivity contribution in [3.8, 4) is 0 Å². The number of halogens is 4. The number of rotatable bonds is 5. The minimum Gasteiger partial charge on any atom is -0.321 e. The molecule has 24 heavy (non-hydrogen) atoms. The molecule has 0 aliphatic carbocycles. The molecule has 0 fully saturated rings. The molecular formula is C17H13F4NOS. The van der Waals surface area contributed by atoms with Gasteiger partial charge in [0.2, 0.25) is 5.91 Å². The summed E-state index contributed by atoms with van der Waals surface area (Å²) < 4.78 is 49.8. The van der Waals surface area contributed by atoms with Gasteiger partial charge < -0.3 is 5.32 Å². The topological polar surface area (TPSA) is 29.1 Å². The first-order valence-electron chi connectivity index (χ1n) is 6.87.